The lowest BCUT2D eigenvalue weighted by Crippen LogP contribution is -2.49. The Labute approximate surface area is 133 Å². The highest BCUT2D eigenvalue weighted by Gasteiger charge is 2.18. The fourth-order valence-electron chi connectivity index (χ4n) is 1.62. The van der Waals surface area contributed by atoms with E-state index in [9.17, 15) is 4.79 Å². The van der Waals surface area contributed by atoms with E-state index in [1.807, 2.05) is 38.1 Å². The smallest absolute Gasteiger partial charge is 0.224 e. The Morgan fingerprint density at radius 3 is 2.33 bits per heavy atom. The maximum Gasteiger partial charge on any atom is 0.224 e. The Hall–Kier alpha value is -1.26. The first-order valence-corrected chi connectivity index (χ1v) is 7.05. The van der Waals surface area contributed by atoms with Crippen LogP contribution in [0.4, 0.5) is 0 Å². The van der Waals surface area contributed by atoms with Crippen molar-refractivity contribution < 1.29 is 9.53 Å². The number of amides is 1. The van der Waals surface area contributed by atoms with Crippen LogP contribution in [0.3, 0.4) is 0 Å². The van der Waals surface area contributed by atoms with Crippen LogP contribution in [0.2, 0.25) is 0 Å². The summed E-state index contributed by atoms with van der Waals surface area (Å²) in [5.74, 6) is 1.32. The summed E-state index contributed by atoms with van der Waals surface area (Å²) in [4.78, 5) is 11.9. The molecule has 120 valence electrons. The molecule has 0 atom stereocenters. The zero-order valence-electron chi connectivity index (χ0n) is 13.3. The van der Waals surface area contributed by atoms with Gasteiger partial charge < -0.3 is 15.8 Å². The number of hydrogen-bond acceptors (Lipinski definition) is 3. The summed E-state index contributed by atoms with van der Waals surface area (Å²) in [6, 6.07) is 7.65. The molecule has 1 amide bonds. The monoisotopic (exact) mass is 314 g/mol. The highest BCUT2D eigenvalue weighted by atomic mass is 35.5. The maximum atomic E-state index is 11.9. The minimum Gasteiger partial charge on any atom is -0.493 e. The molecule has 5 heteroatoms. The molecule has 1 aromatic carbocycles. The normalized spacial score (nSPS) is 11.0. The van der Waals surface area contributed by atoms with Crippen molar-refractivity contribution in [3.8, 4) is 5.75 Å². The van der Waals surface area contributed by atoms with Gasteiger partial charge in [0.05, 0.1) is 13.0 Å². The van der Waals surface area contributed by atoms with Gasteiger partial charge in [0.1, 0.15) is 5.75 Å². The molecular formula is C16H27ClN2O2. The summed E-state index contributed by atoms with van der Waals surface area (Å²) in [6.45, 7) is 9.16. The SMILES string of the molecule is CC(C)COc1ccc(CC(=O)NC(C)(C)CN)cc1.Cl. The average molecular weight is 315 g/mol. The van der Waals surface area contributed by atoms with Crippen molar-refractivity contribution >= 4 is 18.3 Å². The van der Waals surface area contributed by atoms with E-state index in [1.165, 1.54) is 0 Å². The zero-order chi connectivity index (χ0) is 15.2. The molecule has 0 spiro atoms. The maximum absolute atomic E-state index is 11.9. The van der Waals surface area contributed by atoms with Crippen molar-refractivity contribution in [2.24, 2.45) is 11.7 Å². The predicted molar refractivity (Wildman–Crippen MR) is 89.0 cm³/mol. The molecule has 0 radical (unpaired) electrons. The summed E-state index contributed by atoms with van der Waals surface area (Å²) in [7, 11) is 0. The van der Waals surface area contributed by atoms with Crippen LogP contribution in [0.25, 0.3) is 0 Å². The number of carbonyl (C=O) groups is 1. The Bertz CT molecular complexity index is 430. The quantitative estimate of drug-likeness (QED) is 0.813. The molecule has 4 nitrogen and oxygen atoms in total. The number of rotatable bonds is 7. The van der Waals surface area contributed by atoms with Crippen molar-refractivity contribution in [3.63, 3.8) is 0 Å². The number of ether oxygens (including phenoxy) is 1. The molecule has 1 rings (SSSR count). The summed E-state index contributed by atoms with van der Waals surface area (Å²) in [5, 5.41) is 2.91. The molecule has 0 fully saturated rings. The number of carbonyl (C=O) groups excluding carboxylic acids is 1. The highest BCUT2D eigenvalue weighted by Crippen LogP contribution is 2.14. The first-order valence-electron chi connectivity index (χ1n) is 7.05. The van der Waals surface area contributed by atoms with Crippen molar-refractivity contribution in [1.82, 2.24) is 5.32 Å². The van der Waals surface area contributed by atoms with E-state index in [4.69, 9.17) is 10.5 Å². The highest BCUT2D eigenvalue weighted by molar-refractivity contribution is 5.85. The molecule has 0 bridgehead atoms. The van der Waals surface area contributed by atoms with Gasteiger partial charge in [-0.3, -0.25) is 4.79 Å². The molecule has 0 aliphatic rings. The van der Waals surface area contributed by atoms with Crippen molar-refractivity contribution in [2.75, 3.05) is 13.2 Å². The largest absolute Gasteiger partial charge is 0.493 e. The Balaban J connectivity index is 0.00000400. The number of nitrogens with one attached hydrogen (secondary N) is 1. The van der Waals surface area contributed by atoms with E-state index in [0.29, 0.717) is 25.5 Å². The molecule has 0 unspecified atom stereocenters. The van der Waals surface area contributed by atoms with E-state index >= 15 is 0 Å². The summed E-state index contributed by atoms with van der Waals surface area (Å²) < 4.78 is 5.61. The number of nitrogens with two attached hydrogens (primary N) is 1. The first kappa shape index (κ1) is 19.7. The van der Waals surface area contributed by atoms with Gasteiger partial charge in [-0.25, -0.2) is 0 Å². The fraction of sp³-hybridized carbons (Fsp3) is 0.562. The van der Waals surface area contributed by atoms with Gasteiger partial charge >= 0.3 is 0 Å². The van der Waals surface area contributed by atoms with Gasteiger partial charge in [-0.2, -0.15) is 0 Å². The lowest BCUT2D eigenvalue weighted by atomic mass is 10.0. The van der Waals surface area contributed by atoms with Crippen molar-refractivity contribution in [2.45, 2.75) is 39.7 Å². The van der Waals surface area contributed by atoms with E-state index in [0.717, 1.165) is 11.3 Å². The van der Waals surface area contributed by atoms with Gasteiger partial charge in [0, 0.05) is 12.1 Å². The van der Waals surface area contributed by atoms with E-state index in [1.54, 1.807) is 0 Å². The van der Waals surface area contributed by atoms with Crippen LogP contribution in [0.1, 0.15) is 33.3 Å². The Morgan fingerprint density at radius 1 is 1.29 bits per heavy atom. The summed E-state index contributed by atoms with van der Waals surface area (Å²) in [5.41, 5.74) is 6.20. The van der Waals surface area contributed by atoms with Gasteiger partial charge in [0.2, 0.25) is 5.91 Å². The number of halogens is 1. The fourth-order valence-corrected chi connectivity index (χ4v) is 1.62. The molecule has 0 aromatic heterocycles. The van der Waals surface area contributed by atoms with Crippen LogP contribution in [0, 0.1) is 5.92 Å². The molecule has 0 saturated heterocycles. The molecular weight excluding hydrogens is 288 g/mol. The van der Waals surface area contributed by atoms with Gasteiger partial charge in [-0.1, -0.05) is 26.0 Å². The molecule has 1 aromatic rings. The molecule has 0 heterocycles. The standard InChI is InChI=1S/C16H26N2O2.ClH/c1-12(2)10-20-14-7-5-13(6-8-14)9-15(19)18-16(3,4)11-17;/h5-8,12H,9-11,17H2,1-4H3,(H,18,19);1H. The van der Waals surface area contributed by atoms with Crippen LogP contribution in [-0.2, 0) is 11.2 Å². The summed E-state index contributed by atoms with van der Waals surface area (Å²) in [6.07, 6.45) is 0.355. The Kier molecular flexibility index (Phi) is 8.37. The second-order valence-corrected chi connectivity index (χ2v) is 6.16. The van der Waals surface area contributed by atoms with Gasteiger partial charge in [0.15, 0.2) is 0 Å². The molecule has 21 heavy (non-hydrogen) atoms. The lowest BCUT2D eigenvalue weighted by Gasteiger charge is -2.24. The van der Waals surface area contributed by atoms with Crippen molar-refractivity contribution in [1.29, 1.82) is 0 Å². The van der Waals surface area contributed by atoms with Crippen LogP contribution in [0.5, 0.6) is 5.75 Å². The predicted octanol–water partition coefficient (Wildman–Crippen LogP) is 2.54. The third kappa shape index (κ3) is 7.93. The van der Waals surface area contributed by atoms with E-state index < -0.39 is 0 Å². The third-order valence-electron chi connectivity index (χ3n) is 2.86. The van der Waals surface area contributed by atoms with Crippen LogP contribution in [0.15, 0.2) is 24.3 Å². The number of benzene rings is 1. The molecule has 3 N–H and O–H groups in total. The topological polar surface area (TPSA) is 64.3 Å². The molecule has 0 saturated carbocycles. The third-order valence-corrected chi connectivity index (χ3v) is 2.86. The van der Waals surface area contributed by atoms with Gasteiger partial charge in [-0.05, 0) is 37.5 Å². The minimum atomic E-state index is -0.364. The van der Waals surface area contributed by atoms with E-state index in [-0.39, 0.29) is 23.9 Å². The zero-order valence-corrected chi connectivity index (χ0v) is 14.1. The minimum absolute atomic E-state index is 0. The Morgan fingerprint density at radius 2 is 1.86 bits per heavy atom. The average Bonchev–Trinajstić information content (AvgIpc) is 2.37. The second kappa shape index (κ2) is 8.90. The van der Waals surface area contributed by atoms with E-state index in [2.05, 4.69) is 19.2 Å². The van der Waals surface area contributed by atoms with Crippen LogP contribution >= 0.6 is 12.4 Å². The number of hydrogen-bond donors (Lipinski definition) is 2. The summed E-state index contributed by atoms with van der Waals surface area (Å²) >= 11 is 0. The lowest BCUT2D eigenvalue weighted by molar-refractivity contribution is -0.121. The molecule has 0 aliphatic carbocycles. The van der Waals surface area contributed by atoms with Crippen LogP contribution < -0.4 is 15.8 Å². The second-order valence-electron chi connectivity index (χ2n) is 6.16. The first-order chi connectivity index (χ1) is 9.32. The molecule has 0 aliphatic heterocycles. The van der Waals surface area contributed by atoms with Crippen LogP contribution in [-0.4, -0.2) is 24.6 Å². The van der Waals surface area contributed by atoms with Crippen molar-refractivity contribution in [3.05, 3.63) is 29.8 Å². The van der Waals surface area contributed by atoms with Gasteiger partial charge in [-0.15, -0.1) is 12.4 Å². The van der Waals surface area contributed by atoms with Gasteiger partial charge in [0.25, 0.3) is 0 Å².